The number of nitrogens with one attached hydrogen (secondary N) is 1. The molecule has 0 aromatic rings. The average Bonchev–Trinajstić information content (AvgIpc) is 2.88. The SMILES string of the molecule is O=C(CCC1CCCCC1)NCC1CCCO1. The molecule has 2 rings (SSSR count). The molecule has 98 valence electrons. The fraction of sp³-hybridized carbons (Fsp3) is 0.929. The average molecular weight is 239 g/mol. The molecule has 1 saturated heterocycles. The van der Waals surface area contributed by atoms with Crippen molar-refractivity contribution in [2.45, 2.75) is 63.9 Å². The lowest BCUT2D eigenvalue weighted by Gasteiger charge is -2.21. The molecule has 1 atom stereocenters. The third-order valence-electron chi connectivity index (χ3n) is 4.06. The van der Waals surface area contributed by atoms with Gasteiger partial charge in [-0.25, -0.2) is 0 Å². The summed E-state index contributed by atoms with van der Waals surface area (Å²) in [4.78, 5) is 11.7. The van der Waals surface area contributed by atoms with E-state index in [4.69, 9.17) is 4.74 Å². The Morgan fingerprint density at radius 3 is 2.65 bits per heavy atom. The molecule has 2 fully saturated rings. The van der Waals surface area contributed by atoms with Crippen molar-refractivity contribution >= 4 is 5.91 Å². The van der Waals surface area contributed by atoms with E-state index in [0.717, 1.165) is 31.8 Å². The van der Waals surface area contributed by atoms with Gasteiger partial charge in [-0.05, 0) is 25.2 Å². The molecule has 1 N–H and O–H groups in total. The van der Waals surface area contributed by atoms with Crippen LogP contribution in [0.25, 0.3) is 0 Å². The molecule has 3 heteroatoms. The van der Waals surface area contributed by atoms with Gasteiger partial charge >= 0.3 is 0 Å². The van der Waals surface area contributed by atoms with Gasteiger partial charge in [0.05, 0.1) is 6.10 Å². The van der Waals surface area contributed by atoms with E-state index in [-0.39, 0.29) is 12.0 Å². The Hall–Kier alpha value is -0.570. The molecular weight excluding hydrogens is 214 g/mol. The van der Waals surface area contributed by atoms with Crippen LogP contribution in [0.1, 0.15) is 57.8 Å². The Balaban J connectivity index is 1.53. The van der Waals surface area contributed by atoms with Crippen LogP contribution in [-0.4, -0.2) is 25.2 Å². The minimum absolute atomic E-state index is 0.214. The van der Waals surface area contributed by atoms with Gasteiger partial charge < -0.3 is 10.1 Å². The maximum absolute atomic E-state index is 11.7. The van der Waals surface area contributed by atoms with Gasteiger partial charge in [0.15, 0.2) is 0 Å². The zero-order valence-electron chi connectivity index (χ0n) is 10.7. The van der Waals surface area contributed by atoms with E-state index in [1.807, 2.05) is 0 Å². The second-order valence-electron chi connectivity index (χ2n) is 5.48. The highest BCUT2D eigenvalue weighted by molar-refractivity contribution is 5.75. The van der Waals surface area contributed by atoms with E-state index in [1.54, 1.807) is 0 Å². The van der Waals surface area contributed by atoms with Crippen molar-refractivity contribution in [2.75, 3.05) is 13.2 Å². The van der Waals surface area contributed by atoms with Gasteiger partial charge in [-0.2, -0.15) is 0 Å². The molecule has 2 aliphatic rings. The number of ether oxygens (including phenoxy) is 1. The Morgan fingerprint density at radius 1 is 1.12 bits per heavy atom. The Labute approximate surface area is 104 Å². The van der Waals surface area contributed by atoms with E-state index in [0.29, 0.717) is 13.0 Å². The van der Waals surface area contributed by atoms with Crippen LogP contribution in [0, 0.1) is 5.92 Å². The standard InChI is InChI=1S/C14H25NO2/c16-14(15-11-13-7-4-10-17-13)9-8-12-5-2-1-3-6-12/h12-13H,1-11H2,(H,15,16). The molecule has 1 aliphatic carbocycles. The first-order valence-corrected chi connectivity index (χ1v) is 7.23. The van der Waals surface area contributed by atoms with Crippen LogP contribution in [0.15, 0.2) is 0 Å². The fourth-order valence-corrected chi connectivity index (χ4v) is 2.93. The van der Waals surface area contributed by atoms with Crippen molar-refractivity contribution in [3.05, 3.63) is 0 Å². The third-order valence-corrected chi connectivity index (χ3v) is 4.06. The largest absolute Gasteiger partial charge is 0.376 e. The molecule has 1 heterocycles. The van der Waals surface area contributed by atoms with Crippen LogP contribution in [0.4, 0.5) is 0 Å². The summed E-state index contributed by atoms with van der Waals surface area (Å²) in [6.45, 7) is 1.58. The summed E-state index contributed by atoms with van der Waals surface area (Å²) in [7, 11) is 0. The van der Waals surface area contributed by atoms with Gasteiger partial charge in [0.2, 0.25) is 5.91 Å². The lowest BCUT2D eigenvalue weighted by molar-refractivity contribution is -0.121. The summed E-state index contributed by atoms with van der Waals surface area (Å²) in [5.41, 5.74) is 0. The van der Waals surface area contributed by atoms with Gasteiger partial charge in [0, 0.05) is 19.6 Å². The summed E-state index contributed by atoms with van der Waals surface area (Å²) in [6, 6.07) is 0. The quantitative estimate of drug-likeness (QED) is 0.801. The smallest absolute Gasteiger partial charge is 0.220 e. The molecule has 0 bridgehead atoms. The monoisotopic (exact) mass is 239 g/mol. The molecule has 1 saturated carbocycles. The molecule has 3 nitrogen and oxygen atoms in total. The highest BCUT2D eigenvalue weighted by Crippen LogP contribution is 2.27. The molecular formula is C14H25NO2. The molecule has 0 aromatic carbocycles. The molecule has 0 radical (unpaired) electrons. The normalized spacial score (nSPS) is 26.0. The minimum Gasteiger partial charge on any atom is -0.376 e. The third kappa shape index (κ3) is 4.66. The predicted molar refractivity (Wildman–Crippen MR) is 67.8 cm³/mol. The Morgan fingerprint density at radius 2 is 1.94 bits per heavy atom. The highest BCUT2D eigenvalue weighted by Gasteiger charge is 2.17. The number of hydrogen-bond acceptors (Lipinski definition) is 2. The van der Waals surface area contributed by atoms with Crippen molar-refractivity contribution in [1.82, 2.24) is 5.32 Å². The van der Waals surface area contributed by atoms with Gasteiger partial charge in [-0.1, -0.05) is 32.1 Å². The van der Waals surface area contributed by atoms with Crippen molar-refractivity contribution in [1.29, 1.82) is 0 Å². The van der Waals surface area contributed by atoms with Crippen LogP contribution in [0.2, 0.25) is 0 Å². The zero-order valence-corrected chi connectivity index (χ0v) is 10.7. The molecule has 17 heavy (non-hydrogen) atoms. The maximum atomic E-state index is 11.7. The minimum atomic E-state index is 0.214. The second kappa shape index (κ2) is 7.00. The number of amides is 1. The van der Waals surface area contributed by atoms with E-state index in [2.05, 4.69) is 5.32 Å². The zero-order chi connectivity index (χ0) is 11.9. The first-order valence-electron chi connectivity index (χ1n) is 7.23. The van der Waals surface area contributed by atoms with Crippen LogP contribution in [-0.2, 0) is 9.53 Å². The maximum Gasteiger partial charge on any atom is 0.220 e. The molecule has 1 unspecified atom stereocenters. The number of rotatable bonds is 5. The number of carbonyl (C=O) groups is 1. The lowest BCUT2D eigenvalue weighted by atomic mass is 9.86. The first-order chi connectivity index (χ1) is 8.34. The van der Waals surface area contributed by atoms with Crippen LogP contribution >= 0.6 is 0 Å². The Bertz CT molecular complexity index is 230. The van der Waals surface area contributed by atoms with E-state index in [1.165, 1.54) is 32.1 Å². The fourth-order valence-electron chi connectivity index (χ4n) is 2.93. The van der Waals surface area contributed by atoms with Gasteiger partial charge in [-0.15, -0.1) is 0 Å². The van der Waals surface area contributed by atoms with Crippen LogP contribution in [0.5, 0.6) is 0 Å². The predicted octanol–water partition coefficient (Wildman–Crippen LogP) is 2.64. The van der Waals surface area contributed by atoms with E-state index < -0.39 is 0 Å². The molecule has 0 spiro atoms. The Kier molecular flexibility index (Phi) is 5.30. The van der Waals surface area contributed by atoms with Crippen molar-refractivity contribution in [3.8, 4) is 0 Å². The van der Waals surface area contributed by atoms with Crippen LogP contribution in [0.3, 0.4) is 0 Å². The van der Waals surface area contributed by atoms with Crippen LogP contribution < -0.4 is 5.32 Å². The second-order valence-corrected chi connectivity index (χ2v) is 5.48. The molecule has 1 amide bonds. The molecule has 1 aliphatic heterocycles. The van der Waals surface area contributed by atoms with Crippen molar-refractivity contribution in [2.24, 2.45) is 5.92 Å². The van der Waals surface area contributed by atoms with E-state index >= 15 is 0 Å². The lowest BCUT2D eigenvalue weighted by Crippen LogP contribution is -2.31. The topological polar surface area (TPSA) is 38.3 Å². The van der Waals surface area contributed by atoms with E-state index in [9.17, 15) is 4.79 Å². The van der Waals surface area contributed by atoms with Gasteiger partial charge in [-0.3, -0.25) is 4.79 Å². The summed E-state index contributed by atoms with van der Waals surface area (Å²) in [5.74, 6) is 1.02. The summed E-state index contributed by atoms with van der Waals surface area (Å²) in [6.07, 6.45) is 11.1. The summed E-state index contributed by atoms with van der Waals surface area (Å²) < 4.78 is 5.48. The number of hydrogen-bond donors (Lipinski definition) is 1. The van der Waals surface area contributed by atoms with Gasteiger partial charge in [0.25, 0.3) is 0 Å². The van der Waals surface area contributed by atoms with Gasteiger partial charge in [0.1, 0.15) is 0 Å². The highest BCUT2D eigenvalue weighted by atomic mass is 16.5. The summed E-state index contributed by atoms with van der Waals surface area (Å²) in [5, 5.41) is 3.00. The first kappa shape index (κ1) is 12.9. The van der Waals surface area contributed by atoms with Crippen molar-refractivity contribution < 1.29 is 9.53 Å². The number of carbonyl (C=O) groups excluding carboxylic acids is 1. The molecule has 0 aromatic heterocycles. The summed E-state index contributed by atoms with van der Waals surface area (Å²) >= 11 is 0. The van der Waals surface area contributed by atoms with Crippen molar-refractivity contribution in [3.63, 3.8) is 0 Å².